The normalized spacial score (nSPS) is 11.2. The van der Waals surface area contributed by atoms with E-state index in [1.54, 1.807) is 12.4 Å². The van der Waals surface area contributed by atoms with Crippen LogP contribution in [-0.2, 0) is 12.6 Å². The van der Waals surface area contributed by atoms with Crippen molar-refractivity contribution in [2.24, 2.45) is 0 Å². The molecule has 3 nitrogen and oxygen atoms in total. The van der Waals surface area contributed by atoms with Crippen molar-refractivity contribution in [3.05, 3.63) is 89.7 Å². The van der Waals surface area contributed by atoms with E-state index in [2.05, 4.69) is 10.3 Å². The Morgan fingerprint density at radius 2 is 1.67 bits per heavy atom. The molecule has 3 aromatic rings. The fourth-order valence-electron chi connectivity index (χ4n) is 2.79. The average molecular weight is 370 g/mol. The molecule has 1 amide bonds. The third kappa shape index (κ3) is 4.73. The molecular formula is C21H17F3N2O. The van der Waals surface area contributed by atoms with Gasteiger partial charge in [-0.1, -0.05) is 36.4 Å². The number of benzene rings is 2. The summed E-state index contributed by atoms with van der Waals surface area (Å²) < 4.78 is 39.1. The number of halogens is 3. The molecule has 0 saturated heterocycles. The number of hydrogen-bond donors (Lipinski definition) is 1. The molecule has 6 heteroatoms. The summed E-state index contributed by atoms with van der Waals surface area (Å²) in [5.74, 6) is -0.729. The lowest BCUT2D eigenvalue weighted by molar-refractivity contribution is -0.137. The minimum atomic E-state index is -4.56. The number of carbonyl (C=O) groups is 1. The first-order chi connectivity index (χ1) is 12.9. The molecule has 0 aliphatic rings. The molecular weight excluding hydrogens is 353 g/mol. The zero-order valence-electron chi connectivity index (χ0n) is 14.3. The summed E-state index contributed by atoms with van der Waals surface area (Å²) in [4.78, 5) is 16.2. The lowest BCUT2D eigenvalue weighted by Crippen LogP contribution is -2.28. The molecule has 0 spiro atoms. The molecule has 0 fully saturated rings. The van der Waals surface area contributed by atoms with Crippen LogP contribution in [-0.4, -0.2) is 17.4 Å². The fraction of sp³-hybridized carbons (Fsp3) is 0.143. The summed E-state index contributed by atoms with van der Waals surface area (Å²) in [6.45, 7) is 0.241. The Morgan fingerprint density at radius 1 is 0.926 bits per heavy atom. The van der Waals surface area contributed by atoms with E-state index in [0.29, 0.717) is 6.42 Å². The number of amides is 1. The van der Waals surface area contributed by atoms with Crippen molar-refractivity contribution in [1.82, 2.24) is 10.3 Å². The number of hydrogen-bond acceptors (Lipinski definition) is 2. The molecule has 3 rings (SSSR count). The van der Waals surface area contributed by atoms with Gasteiger partial charge in [-0.15, -0.1) is 0 Å². The van der Waals surface area contributed by atoms with Crippen LogP contribution >= 0.6 is 0 Å². The Labute approximate surface area is 154 Å². The number of nitrogens with one attached hydrogen (secondary N) is 1. The Bertz CT molecular complexity index is 924. The second-order valence-electron chi connectivity index (χ2n) is 5.99. The quantitative estimate of drug-likeness (QED) is 0.705. The first-order valence-corrected chi connectivity index (χ1v) is 8.39. The molecule has 0 aliphatic heterocycles. The molecule has 27 heavy (non-hydrogen) atoms. The fourth-order valence-corrected chi connectivity index (χ4v) is 2.79. The van der Waals surface area contributed by atoms with Gasteiger partial charge in [0.1, 0.15) is 0 Å². The van der Waals surface area contributed by atoms with Gasteiger partial charge in [0.2, 0.25) is 0 Å². The second-order valence-corrected chi connectivity index (χ2v) is 5.99. The Kier molecular flexibility index (Phi) is 5.54. The first kappa shape index (κ1) is 18.6. The van der Waals surface area contributed by atoms with Crippen molar-refractivity contribution in [3.8, 4) is 11.1 Å². The third-order valence-corrected chi connectivity index (χ3v) is 4.12. The van der Waals surface area contributed by atoms with Crippen molar-refractivity contribution in [2.75, 3.05) is 6.54 Å². The highest BCUT2D eigenvalue weighted by atomic mass is 19.4. The van der Waals surface area contributed by atoms with Gasteiger partial charge >= 0.3 is 6.18 Å². The summed E-state index contributed by atoms with van der Waals surface area (Å²) in [6, 6.07) is 16.4. The molecule has 0 bridgehead atoms. The van der Waals surface area contributed by atoms with Crippen molar-refractivity contribution in [2.45, 2.75) is 12.6 Å². The number of pyridine rings is 1. The van der Waals surface area contributed by atoms with Crippen molar-refractivity contribution in [1.29, 1.82) is 0 Å². The van der Waals surface area contributed by atoms with Gasteiger partial charge in [-0.05, 0) is 47.4 Å². The molecule has 1 N–H and O–H groups in total. The van der Waals surface area contributed by atoms with Crippen LogP contribution < -0.4 is 5.32 Å². The Morgan fingerprint density at radius 3 is 2.41 bits per heavy atom. The highest BCUT2D eigenvalue weighted by Crippen LogP contribution is 2.31. The van der Waals surface area contributed by atoms with E-state index in [1.807, 2.05) is 36.4 Å². The topological polar surface area (TPSA) is 42.0 Å². The van der Waals surface area contributed by atoms with Gasteiger partial charge in [0, 0.05) is 18.9 Å². The molecule has 1 aromatic heterocycles. The molecule has 0 saturated carbocycles. The standard InChI is InChI=1S/C21H17F3N2O/c22-21(23,24)19-7-2-1-6-18(19)20(27)26-13-8-15-4-3-5-17(14-15)16-9-11-25-12-10-16/h1-7,9-12,14H,8,13H2,(H,26,27). The molecule has 138 valence electrons. The van der Waals surface area contributed by atoms with Crippen molar-refractivity contribution >= 4 is 5.91 Å². The first-order valence-electron chi connectivity index (χ1n) is 8.39. The lowest BCUT2D eigenvalue weighted by atomic mass is 10.0. The summed E-state index contributed by atoms with van der Waals surface area (Å²) >= 11 is 0. The van der Waals surface area contributed by atoms with Gasteiger partial charge in [-0.25, -0.2) is 0 Å². The van der Waals surface area contributed by atoms with Gasteiger partial charge in [0.15, 0.2) is 0 Å². The highest BCUT2D eigenvalue weighted by molar-refractivity contribution is 5.95. The van der Waals surface area contributed by atoms with Crippen LogP contribution in [0, 0.1) is 0 Å². The van der Waals surface area contributed by atoms with Crippen molar-refractivity contribution < 1.29 is 18.0 Å². The second kappa shape index (κ2) is 8.03. The average Bonchev–Trinajstić information content (AvgIpc) is 2.68. The smallest absolute Gasteiger partial charge is 0.352 e. The van der Waals surface area contributed by atoms with Crippen LogP contribution in [0.25, 0.3) is 11.1 Å². The molecule has 0 atom stereocenters. The number of aromatic nitrogens is 1. The van der Waals surface area contributed by atoms with Gasteiger partial charge in [-0.2, -0.15) is 13.2 Å². The summed E-state index contributed by atoms with van der Waals surface area (Å²) in [5.41, 5.74) is 1.73. The number of alkyl halides is 3. The van der Waals surface area contributed by atoms with Crippen LogP contribution in [0.1, 0.15) is 21.5 Å². The molecule has 2 aromatic carbocycles. The summed E-state index contributed by atoms with van der Waals surface area (Å²) in [7, 11) is 0. The van der Waals surface area contributed by atoms with Gasteiger partial charge in [0.25, 0.3) is 5.91 Å². The van der Waals surface area contributed by atoms with Crippen LogP contribution in [0.15, 0.2) is 73.1 Å². The minimum Gasteiger partial charge on any atom is -0.352 e. The van der Waals surface area contributed by atoms with Crippen LogP contribution in [0.3, 0.4) is 0 Å². The molecule has 0 unspecified atom stereocenters. The molecule has 0 radical (unpaired) electrons. The monoisotopic (exact) mass is 370 g/mol. The summed E-state index contributed by atoms with van der Waals surface area (Å²) in [5, 5.41) is 2.57. The molecule has 0 aliphatic carbocycles. The van der Waals surface area contributed by atoms with Crippen LogP contribution in [0.2, 0.25) is 0 Å². The zero-order valence-corrected chi connectivity index (χ0v) is 14.3. The highest BCUT2D eigenvalue weighted by Gasteiger charge is 2.34. The van der Waals surface area contributed by atoms with E-state index in [0.717, 1.165) is 22.8 Å². The predicted octanol–water partition coefficient (Wildman–Crippen LogP) is 4.74. The lowest BCUT2D eigenvalue weighted by Gasteiger charge is -2.12. The molecule has 1 heterocycles. The largest absolute Gasteiger partial charge is 0.417 e. The number of carbonyl (C=O) groups excluding carboxylic acids is 1. The van der Waals surface area contributed by atoms with Gasteiger partial charge < -0.3 is 5.32 Å². The SMILES string of the molecule is O=C(NCCc1cccc(-c2ccncc2)c1)c1ccccc1C(F)(F)F. The van der Waals surface area contributed by atoms with E-state index >= 15 is 0 Å². The summed E-state index contributed by atoms with van der Waals surface area (Å²) in [6.07, 6.45) is -0.633. The van der Waals surface area contributed by atoms with E-state index in [4.69, 9.17) is 0 Å². The minimum absolute atomic E-state index is 0.241. The zero-order chi connectivity index (χ0) is 19.3. The van der Waals surface area contributed by atoms with Crippen LogP contribution in [0.4, 0.5) is 13.2 Å². The maximum absolute atomic E-state index is 13.0. The van der Waals surface area contributed by atoms with Gasteiger partial charge in [0.05, 0.1) is 11.1 Å². The number of nitrogens with zero attached hydrogens (tertiary/aromatic N) is 1. The number of rotatable bonds is 5. The van der Waals surface area contributed by atoms with Crippen LogP contribution in [0.5, 0.6) is 0 Å². The maximum atomic E-state index is 13.0. The third-order valence-electron chi connectivity index (χ3n) is 4.12. The van der Waals surface area contributed by atoms with E-state index in [9.17, 15) is 18.0 Å². The maximum Gasteiger partial charge on any atom is 0.417 e. The Hall–Kier alpha value is -3.15. The van der Waals surface area contributed by atoms with E-state index in [1.165, 1.54) is 18.2 Å². The van der Waals surface area contributed by atoms with E-state index < -0.39 is 17.6 Å². The van der Waals surface area contributed by atoms with Gasteiger partial charge in [-0.3, -0.25) is 9.78 Å². The predicted molar refractivity (Wildman–Crippen MR) is 97.2 cm³/mol. The van der Waals surface area contributed by atoms with Crippen molar-refractivity contribution in [3.63, 3.8) is 0 Å². The Balaban J connectivity index is 1.65. The van der Waals surface area contributed by atoms with E-state index in [-0.39, 0.29) is 12.1 Å².